The van der Waals surface area contributed by atoms with Crippen molar-refractivity contribution in [2.75, 3.05) is 11.1 Å². The maximum atomic E-state index is 15.0. The van der Waals surface area contributed by atoms with Crippen LogP contribution in [0.5, 0.6) is 0 Å². The van der Waals surface area contributed by atoms with Crippen LogP contribution in [-0.2, 0) is 4.79 Å². The number of hydrogen-bond acceptors (Lipinski definition) is 5. The van der Waals surface area contributed by atoms with E-state index in [0.717, 1.165) is 11.8 Å². The number of aromatic amines is 1. The Hall–Kier alpha value is -3.16. The van der Waals surface area contributed by atoms with Gasteiger partial charge in [0.25, 0.3) is 0 Å². The molecule has 1 saturated carbocycles. The standard InChI is InChI=1S/C20H13ClF2N6OS/c21-16-15(12-8-25-27-18(12)19(17(16)23)31-4-2-24)9-1-3-29-10(5-9)6-14(28-29)26-20(30)11-7-13(11)22/h1,3,5-6,8,11,13H,4,7H2,(H,25,27)(H,26,28,30). The predicted octanol–water partition coefficient (Wildman–Crippen LogP) is 4.58. The number of nitriles is 1. The molecular formula is C20H13ClF2N6OS. The van der Waals surface area contributed by atoms with Gasteiger partial charge in [-0.25, -0.2) is 13.3 Å². The number of hydrogen-bond donors (Lipinski definition) is 2. The van der Waals surface area contributed by atoms with E-state index in [0.29, 0.717) is 33.4 Å². The summed E-state index contributed by atoms with van der Waals surface area (Å²) >= 11 is 7.45. The van der Waals surface area contributed by atoms with Crippen LogP contribution in [0.3, 0.4) is 0 Å². The van der Waals surface area contributed by atoms with Crippen LogP contribution in [-0.4, -0.2) is 37.6 Å². The summed E-state index contributed by atoms with van der Waals surface area (Å²) < 4.78 is 29.7. The minimum absolute atomic E-state index is 0.0704. The second kappa shape index (κ2) is 7.51. The topological polar surface area (TPSA) is 98.9 Å². The number of carbonyl (C=O) groups excluding carboxylic acids is 1. The molecule has 2 unspecified atom stereocenters. The highest BCUT2D eigenvalue weighted by molar-refractivity contribution is 7.99. The number of fused-ring (bicyclic) bond motifs is 2. The van der Waals surface area contributed by atoms with Gasteiger partial charge in [-0.15, -0.1) is 11.8 Å². The van der Waals surface area contributed by atoms with E-state index in [9.17, 15) is 9.18 Å². The molecule has 1 fully saturated rings. The first kappa shape index (κ1) is 19.8. The van der Waals surface area contributed by atoms with Crippen molar-refractivity contribution in [2.45, 2.75) is 17.5 Å². The maximum absolute atomic E-state index is 15.0. The molecule has 11 heteroatoms. The monoisotopic (exact) mass is 458 g/mol. The Morgan fingerprint density at radius 3 is 3.03 bits per heavy atom. The lowest BCUT2D eigenvalue weighted by Crippen LogP contribution is -2.15. The van der Waals surface area contributed by atoms with E-state index in [4.69, 9.17) is 16.9 Å². The first-order valence-corrected chi connectivity index (χ1v) is 10.6. The van der Waals surface area contributed by atoms with Gasteiger partial charge in [0.15, 0.2) is 11.6 Å². The molecule has 3 heterocycles. The lowest BCUT2D eigenvalue weighted by molar-refractivity contribution is -0.117. The highest BCUT2D eigenvalue weighted by atomic mass is 35.5. The van der Waals surface area contributed by atoms with Gasteiger partial charge in [0.05, 0.1) is 44.9 Å². The minimum atomic E-state index is -1.09. The molecule has 5 rings (SSSR count). The molecule has 0 aliphatic heterocycles. The number of thioether (sulfide) groups is 1. The van der Waals surface area contributed by atoms with Gasteiger partial charge in [0.1, 0.15) is 6.17 Å². The Kier molecular flexibility index (Phi) is 4.79. The summed E-state index contributed by atoms with van der Waals surface area (Å²) in [5, 5.41) is 23.1. The number of benzene rings is 1. The highest BCUT2D eigenvalue weighted by Gasteiger charge is 2.43. The van der Waals surface area contributed by atoms with E-state index in [1.165, 1.54) is 0 Å². The first-order chi connectivity index (χ1) is 15.0. The van der Waals surface area contributed by atoms with Crippen LogP contribution < -0.4 is 5.32 Å². The van der Waals surface area contributed by atoms with Gasteiger partial charge in [0.2, 0.25) is 5.91 Å². The second-order valence-electron chi connectivity index (χ2n) is 7.10. The number of carbonyl (C=O) groups is 1. The molecule has 0 bridgehead atoms. The first-order valence-electron chi connectivity index (χ1n) is 9.26. The van der Waals surface area contributed by atoms with Crippen molar-refractivity contribution in [3.63, 3.8) is 0 Å². The Morgan fingerprint density at radius 1 is 1.48 bits per heavy atom. The number of H-pyrrole nitrogens is 1. The van der Waals surface area contributed by atoms with Crippen molar-refractivity contribution in [1.29, 1.82) is 5.26 Å². The Morgan fingerprint density at radius 2 is 2.29 bits per heavy atom. The fourth-order valence-corrected chi connectivity index (χ4v) is 4.57. The van der Waals surface area contributed by atoms with Gasteiger partial charge in [-0.1, -0.05) is 11.6 Å². The molecule has 31 heavy (non-hydrogen) atoms. The van der Waals surface area contributed by atoms with E-state index >= 15 is 4.39 Å². The van der Waals surface area contributed by atoms with Gasteiger partial charge in [-0.3, -0.25) is 9.89 Å². The number of alkyl halides is 1. The average Bonchev–Trinajstić information content (AvgIpc) is 3.12. The zero-order valence-electron chi connectivity index (χ0n) is 15.7. The Labute approximate surface area is 183 Å². The number of amides is 1. The highest BCUT2D eigenvalue weighted by Crippen LogP contribution is 2.42. The van der Waals surface area contributed by atoms with Crippen LogP contribution in [0.15, 0.2) is 35.5 Å². The third-order valence-electron chi connectivity index (χ3n) is 5.08. The quantitative estimate of drug-likeness (QED) is 0.426. The van der Waals surface area contributed by atoms with Crippen LogP contribution in [0.25, 0.3) is 27.5 Å². The van der Waals surface area contributed by atoms with E-state index < -0.39 is 23.8 Å². The molecule has 1 aromatic carbocycles. The summed E-state index contributed by atoms with van der Waals surface area (Å²) in [6.07, 6.45) is 2.36. The molecule has 1 aliphatic carbocycles. The van der Waals surface area contributed by atoms with Gasteiger partial charge < -0.3 is 5.32 Å². The van der Waals surface area contributed by atoms with Crippen LogP contribution in [0.1, 0.15) is 6.42 Å². The second-order valence-corrected chi connectivity index (χ2v) is 8.46. The number of anilines is 1. The van der Waals surface area contributed by atoms with E-state index in [1.807, 2.05) is 6.07 Å². The van der Waals surface area contributed by atoms with Crippen molar-refractivity contribution >= 4 is 51.5 Å². The molecule has 0 saturated heterocycles. The molecule has 7 nitrogen and oxygen atoms in total. The summed E-state index contributed by atoms with van der Waals surface area (Å²) in [4.78, 5) is 12.2. The number of nitrogens with one attached hydrogen (secondary N) is 2. The fourth-order valence-electron chi connectivity index (χ4n) is 3.47. The third-order valence-corrected chi connectivity index (χ3v) is 6.38. The van der Waals surface area contributed by atoms with Crippen LogP contribution in [0.4, 0.5) is 14.6 Å². The molecule has 4 aromatic rings. The lowest BCUT2D eigenvalue weighted by Gasteiger charge is -2.11. The number of pyridine rings is 1. The molecular weight excluding hydrogens is 446 g/mol. The molecule has 156 valence electrons. The van der Waals surface area contributed by atoms with Gasteiger partial charge >= 0.3 is 0 Å². The summed E-state index contributed by atoms with van der Waals surface area (Å²) in [7, 11) is 0. The summed E-state index contributed by atoms with van der Waals surface area (Å²) in [6, 6.07) is 7.10. The number of halogens is 3. The Bertz CT molecular complexity index is 1390. The average molecular weight is 459 g/mol. The van der Waals surface area contributed by atoms with Gasteiger partial charge in [0, 0.05) is 23.2 Å². The van der Waals surface area contributed by atoms with E-state index in [-0.39, 0.29) is 22.1 Å². The minimum Gasteiger partial charge on any atom is -0.309 e. The molecule has 1 aliphatic rings. The maximum Gasteiger partial charge on any atom is 0.231 e. The molecule has 2 atom stereocenters. The van der Waals surface area contributed by atoms with Crippen LogP contribution >= 0.6 is 23.4 Å². The van der Waals surface area contributed by atoms with Crippen molar-refractivity contribution in [3.05, 3.63) is 41.4 Å². The number of aromatic nitrogens is 4. The lowest BCUT2D eigenvalue weighted by atomic mass is 10.0. The van der Waals surface area contributed by atoms with Crippen molar-refractivity contribution in [3.8, 4) is 17.2 Å². The van der Waals surface area contributed by atoms with Crippen molar-refractivity contribution in [2.24, 2.45) is 5.92 Å². The summed E-state index contributed by atoms with van der Waals surface area (Å²) in [5.41, 5.74) is 2.18. The largest absolute Gasteiger partial charge is 0.309 e. The van der Waals surface area contributed by atoms with Gasteiger partial charge in [-0.2, -0.15) is 15.5 Å². The van der Waals surface area contributed by atoms with E-state index in [2.05, 4.69) is 20.6 Å². The molecule has 1 amide bonds. The molecule has 0 spiro atoms. The summed E-state index contributed by atoms with van der Waals surface area (Å²) in [6.45, 7) is 0. The molecule has 2 N–H and O–H groups in total. The van der Waals surface area contributed by atoms with Crippen molar-refractivity contribution in [1.82, 2.24) is 19.8 Å². The van der Waals surface area contributed by atoms with Gasteiger partial charge in [-0.05, 0) is 24.1 Å². The normalized spacial score (nSPS) is 17.7. The fraction of sp³-hybridized carbons (Fsp3) is 0.200. The Balaban J connectivity index is 1.56. The van der Waals surface area contributed by atoms with Crippen molar-refractivity contribution < 1.29 is 13.6 Å². The predicted molar refractivity (Wildman–Crippen MR) is 113 cm³/mol. The SMILES string of the molecule is N#CCSc1c(F)c(Cl)c(-c2ccn3nc(NC(=O)C4CC4F)cc3c2)c2cn[nH]c12. The van der Waals surface area contributed by atoms with E-state index in [1.54, 1.807) is 35.1 Å². The smallest absolute Gasteiger partial charge is 0.231 e. The number of nitrogens with zero attached hydrogens (tertiary/aromatic N) is 4. The summed E-state index contributed by atoms with van der Waals surface area (Å²) in [5.74, 6) is -1.27. The zero-order valence-corrected chi connectivity index (χ0v) is 17.3. The zero-order chi connectivity index (χ0) is 21.7. The van der Waals surface area contributed by atoms with Crippen LogP contribution in [0.2, 0.25) is 5.02 Å². The molecule has 3 aromatic heterocycles. The van der Waals surface area contributed by atoms with Crippen LogP contribution in [0, 0.1) is 23.1 Å². The number of rotatable bonds is 5. The third kappa shape index (κ3) is 3.40. The molecule has 0 radical (unpaired) electrons.